The monoisotopic (exact) mass is 338 g/mol. The summed E-state index contributed by atoms with van der Waals surface area (Å²) < 4.78 is 5.41. The molecule has 1 amide bonds. The number of ether oxygens (including phenoxy) is 1. The van der Waals surface area contributed by atoms with Crippen molar-refractivity contribution in [2.75, 3.05) is 39.4 Å². The van der Waals surface area contributed by atoms with Crippen molar-refractivity contribution in [1.82, 2.24) is 9.80 Å². The highest BCUT2D eigenvalue weighted by molar-refractivity contribution is 5.94. The lowest BCUT2D eigenvalue weighted by atomic mass is 10.1. The van der Waals surface area contributed by atoms with E-state index in [0.717, 1.165) is 45.0 Å². The molecule has 0 aromatic heterocycles. The van der Waals surface area contributed by atoms with Gasteiger partial charge in [0.2, 0.25) is 0 Å². The zero-order valence-corrected chi connectivity index (χ0v) is 14.9. The maximum absolute atomic E-state index is 13.0. The van der Waals surface area contributed by atoms with E-state index in [1.165, 1.54) is 11.1 Å². The number of amides is 1. The Bertz CT molecular complexity index is 681. The van der Waals surface area contributed by atoms with Crippen LogP contribution in [0, 0.1) is 6.92 Å². The number of morpholine rings is 1. The van der Waals surface area contributed by atoms with E-state index >= 15 is 0 Å². The predicted octanol–water partition coefficient (Wildman–Crippen LogP) is 2.97. The molecule has 2 aromatic rings. The molecule has 3 rings (SSSR count). The number of aryl methyl sites for hydroxylation is 1. The molecule has 0 spiro atoms. The summed E-state index contributed by atoms with van der Waals surface area (Å²) in [4.78, 5) is 17.3. The van der Waals surface area contributed by atoms with Gasteiger partial charge in [0.1, 0.15) is 0 Å². The molecular weight excluding hydrogens is 312 g/mol. The van der Waals surface area contributed by atoms with E-state index in [0.29, 0.717) is 6.54 Å². The number of carbonyl (C=O) groups excluding carboxylic acids is 1. The minimum Gasteiger partial charge on any atom is -0.379 e. The third-order valence-corrected chi connectivity index (χ3v) is 4.55. The average molecular weight is 338 g/mol. The second-order valence-corrected chi connectivity index (χ2v) is 6.54. The molecule has 1 aliphatic heterocycles. The number of nitrogens with zero attached hydrogens (tertiary/aromatic N) is 2. The van der Waals surface area contributed by atoms with Crippen LogP contribution in [0.5, 0.6) is 0 Å². The Hall–Kier alpha value is -2.17. The van der Waals surface area contributed by atoms with Gasteiger partial charge in [-0.3, -0.25) is 9.69 Å². The molecule has 1 aliphatic rings. The van der Waals surface area contributed by atoms with Gasteiger partial charge in [0.25, 0.3) is 5.91 Å². The van der Waals surface area contributed by atoms with Crippen LogP contribution in [0.15, 0.2) is 54.6 Å². The molecule has 132 valence electrons. The summed E-state index contributed by atoms with van der Waals surface area (Å²) in [5.41, 5.74) is 3.14. The van der Waals surface area contributed by atoms with Gasteiger partial charge >= 0.3 is 0 Å². The summed E-state index contributed by atoms with van der Waals surface area (Å²) in [6.45, 7) is 7.78. The van der Waals surface area contributed by atoms with Crippen LogP contribution >= 0.6 is 0 Å². The van der Waals surface area contributed by atoms with Gasteiger partial charge in [-0.25, -0.2) is 0 Å². The number of benzene rings is 2. The van der Waals surface area contributed by atoms with Crippen molar-refractivity contribution >= 4 is 5.91 Å². The van der Waals surface area contributed by atoms with E-state index < -0.39 is 0 Å². The largest absolute Gasteiger partial charge is 0.379 e. The molecule has 0 N–H and O–H groups in total. The molecule has 25 heavy (non-hydrogen) atoms. The van der Waals surface area contributed by atoms with E-state index in [2.05, 4.69) is 36.1 Å². The second kappa shape index (κ2) is 8.79. The van der Waals surface area contributed by atoms with Crippen molar-refractivity contribution in [2.24, 2.45) is 0 Å². The average Bonchev–Trinajstić information content (AvgIpc) is 2.66. The van der Waals surface area contributed by atoms with Crippen LogP contribution in [-0.4, -0.2) is 55.1 Å². The third-order valence-electron chi connectivity index (χ3n) is 4.55. The Balaban J connectivity index is 1.71. The van der Waals surface area contributed by atoms with Gasteiger partial charge in [-0.2, -0.15) is 0 Å². The second-order valence-electron chi connectivity index (χ2n) is 6.54. The molecule has 0 radical (unpaired) electrons. The Morgan fingerprint density at radius 2 is 1.84 bits per heavy atom. The van der Waals surface area contributed by atoms with Gasteiger partial charge in [-0.15, -0.1) is 0 Å². The number of carbonyl (C=O) groups is 1. The standard InChI is InChI=1S/C21H26N2O2/c1-18-6-5-7-19(16-18)17-23(11-10-22-12-14-25-15-13-22)21(24)20-8-3-2-4-9-20/h2-9,16H,10-15,17H2,1H3. The first-order valence-corrected chi connectivity index (χ1v) is 8.92. The van der Waals surface area contributed by atoms with Crippen molar-refractivity contribution in [3.8, 4) is 0 Å². The molecule has 4 heteroatoms. The van der Waals surface area contributed by atoms with Crippen molar-refractivity contribution < 1.29 is 9.53 Å². The highest BCUT2D eigenvalue weighted by Gasteiger charge is 2.18. The first-order chi connectivity index (χ1) is 12.2. The van der Waals surface area contributed by atoms with E-state index in [-0.39, 0.29) is 5.91 Å². The van der Waals surface area contributed by atoms with Gasteiger partial charge in [0, 0.05) is 38.3 Å². The molecule has 0 saturated carbocycles. The lowest BCUT2D eigenvalue weighted by Crippen LogP contribution is -2.42. The number of hydrogen-bond acceptors (Lipinski definition) is 3. The Labute approximate surface area is 150 Å². The summed E-state index contributed by atoms with van der Waals surface area (Å²) in [6.07, 6.45) is 0. The minimum atomic E-state index is 0.0929. The molecule has 0 aliphatic carbocycles. The molecule has 1 saturated heterocycles. The first kappa shape index (κ1) is 17.6. The van der Waals surface area contributed by atoms with Crippen molar-refractivity contribution in [1.29, 1.82) is 0 Å². The number of hydrogen-bond donors (Lipinski definition) is 0. The third kappa shape index (κ3) is 5.15. The zero-order chi connectivity index (χ0) is 17.5. The molecule has 2 aromatic carbocycles. The van der Waals surface area contributed by atoms with Crippen LogP contribution in [-0.2, 0) is 11.3 Å². The SMILES string of the molecule is Cc1cccc(CN(CCN2CCOCC2)C(=O)c2ccccc2)c1. The molecule has 0 atom stereocenters. The fourth-order valence-electron chi connectivity index (χ4n) is 3.13. The zero-order valence-electron chi connectivity index (χ0n) is 14.9. The van der Waals surface area contributed by atoms with Crippen LogP contribution < -0.4 is 0 Å². The van der Waals surface area contributed by atoms with Crippen LogP contribution in [0.25, 0.3) is 0 Å². The van der Waals surface area contributed by atoms with Crippen LogP contribution in [0.1, 0.15) is 21.5 Å². The van der Waals surface area contributed by atoms with Crippen LogP contribution in [0.3, 0.4) is 0 Å². The van der Waals surface area contributed by atoms with Gasteiger partial charge in [0.15, 0.2) is 0 Å². The van der Waals surface area contributed by atoms with E-state index in [4.69, 9.17) is 4.74 Å². The Morgan fingerprint density at radius 3 is 2.56 bits per heavy atom. The summed E-state index contributed by atoms with van der Waals surface area (Å²) in [5, 5.41) is 0. The number of rotatable bonds is 6. The predicted molar refractivity (Wildman–Crippen MR) is 99.6 cm³/mol. The lowest BCUT2D eigenvalue weighted by molar-refractivity contribution is 0.0320. The van der Waals surface area contributed by atoms with E-state index in [1.54, 1.807) is 0 Å². The molecule has 1 fully saturated rings. The van der Waals surface area contributed by atoms with Crippen molar-refractivity contribution in [3.05, 3.63) is 71.3 Å². The molecule has 1 heterocycles. The van der Waals surface area contributed by atoms with Gasteiger partial charge in [-0.05, 0) is 24.6 Å². The summed E-state index contributed by atoms with van der Waals surface area (Å²) >= 11 is 0. The van der Waals surface area contributed by atoms with Gasteiger partial charge in [0.05, 0.1) is 13.2 Å². The van der Waals surface area contributed by atoms with Crippen LogP contribution in [0.2, 0.25) is 0 Å². The highest BCUT2D eigenvalue weighted by atomic mass is 16.5. The Kier molecular flexibility index (Phi) is 6.20. The fourth-order valence-corrected chi connectivity index (χ4v) is 3.13. The van der Waals surface area contributed by atoms with Gasteiger partial charge < -0.3 is 9.64 Å². The van der Waals surface area contributed by atoms with Crippen molar-refractivity contribution in [2.45, 2.75) is 13.5 Å². The molecule has 0 unspecified atom stereocenters. The maximum atomic E-state index is 13.0. The molecule has 4 nitrogen and oxygen atoms in total. The van der Waals surface area contributed by atoms with E-state index in [1.807, 2.05) is 35.2 Å². The molecule has 0 bridgehead atoms. The molecular formula is C21H26N2O2. The van der Waals surface area contributed by atoms with Gasteiger partial charge in [-0.1, -0.05) is 48.0 Å². The van der Waals surface area contributed by atoms with E-state index in [9.17, 15) is 4.79 Å². The fraction of sp³-hybridized carbons (Fsp3) is 0.381. The summed E-state index contributed by atoms with van der Waals surface area (Å²) in [7, 11) is 0. The lowest BCUT2D eigenvalue weighted by Gasteiger charge is -2.30. The minimum absolute atomic E-state index is 0.0929. The summed E-state index contributed by atoms with van der Waals surface area (Å²) in [5.74, 6) is 0.0929. The first-order valence-electron chi connectivity index (χ1n) is 8.92. The quantitative estimate of drug-likeness (QED) is 0.812. The topological polar surface area (TPSA) is 32.8 Å². The van der Waals surface area contributed by atoms with Crippen LogP contribution in [0.4, 0.5) is 0 Å². The Morgan fingerprint density at radius 1 is 1.08 bits per heavy atom. The highest BCUT2D eigenvalue weighted by Crippen LogP contribution is 2.12. The maximum Gasteiger partial charge on any atom is 0.254 e. The normalized spacial score (nSPS) is 15.1. The smallest absolute Gasteiger partial charge is 0.254 e. The summed E-state index contributed by atoms with van der Waals surface area (Å²) in [6, 6.07) is 17.9. The van der Waals surface area contributed by atoms with Crippen molar-refractivity contribution in [3.63, 3.8) is 0 Å².